The number of methoxy groups -OCH3 is 1. The molecule has 138 valence electrons. The van der Waals surface area contributed by atoms with E-state index in [1.807, 2.05) is 0 Å². The molecule has 9 heteroatoms. The van der Waals surface area contributed by atoms with Crippen molar-refractivity contribution in [2.75, 3.05) is 12.4 Å². The average molecular weight is 434 g/mol. The molecule has 2 N–H and O–H groups in total. The van der Waals surface area contributed by atoms with Gasteiger partial charge in [0.1, 0.15) is 11.5 Å². The van der Waals surface area contributed by atoms with Gasteiger partial charge in [-0.25, -0.2) is 0 Å². The van der Waals surface area contributed by atoms with Crippen LogP contribution in [-0.2, 0) is 4.79 Å². The monoisotopic (exact) mass is 432 g/mol. The number of halogens is 3. The lowest BCUT2D eigenvalue weighted by molar-refractivity contribution is -0.125. The Morgan fingerprint density at radius 1 is 1.08 bits per heavy atom. The van der Waals surface area contributed by atoms with E-state index in [4.69, 9.17) is 56.5 Å². The summed E-state index contributed by atoms with van der Waals surface area (Å²) in [5.41, 5.74) is 0.607. The molecule has 0 saturated carbocycles. The Kier molecular flexibility index (Phi) is 7.34. The van der Waals surface area contributed by atoms with Crippen LogP contribution in [0.4, 0.5) is 5.69 Å². The lowest BCUT2D eigenvalue weighted by atomic mass is 10.3. The van der Waals surface area contributed by atoms with Crippen molar-refractivity contribution >= 4 is 63.7 Å². The van der Waals surface area contributed by atoms with E-state index in [2.05, 4.69) is 10.6 Å². The molecule has 26 heavy (non-hydrogen) atoms. The summed E-state index contributed by atoms with van der Waals surface area (Å²) >= 11 is 23.0. The van der Waals surface area contributed by atoms with Crippen LogP contribution >= 0.6 is 47.0 Å². The fourth-order valence-electron chi connectivity index (χ4n) is 1.93. The van der Waals surface area contributed by atoms with Crippen LogP contribution in [0.25, 0.3) is 0 Å². The lowest BCUT2D eigenvalue weighted by Gasteiger charge is -2.17. The molecule has 0 saturated heterocycles. The molecule has 1 unspecified atom stereocenters. The van der Waals surface area contributed by atoms with Gasteiger partial charge in [0, 0.05) is 10.7 Å². The summed E-state index contributed by atoms with van der Waals surface area (Å²) < 4.78 is 10.6. The second-order valence-electron chi connectivity index (χ2n) is 5.13. The number of hydrogen-bond donors (Lipinski definition) is 2. The third kappa shape index (κ3) is 5.64. The Morgan fingerprint density at radius 3 is 2.35 bits per heavy atom. The number of hydrogen-bond acceptors (Lipinski definition) is 4. The maximum absolute atomic E-state index is 12.2. The summed E-state index contributed by atoms with van der Waals surface area (Å²) in [4.78, 5) is 12.2. The molecule has 0 aliphatic heterocycles. The van der Waals surface area contributed by atoms with Crippen molar-refractivity contribution in [3.63, 3.8) is 0 Å². The largest absolute Gasteiger partial charge is 0.495 e. The Hall–Kier alpha value is -1.73. The van der Waals surface area contributed by atoms with Crippen LogP contribution in [0.5, 0.6) is 11.5 Å². The van der Waals surface area contributed by atoms with Crippen molar-refractivity contribution in [2.45, 2.75) is 13.0 Å². The molecule has 1 atom stereocenters. The summed E-state index contributed by atoms with van der Waals surface area (Å²) in [6, 6.07) is 9.77. The molecule has 5 nitrogen and oxygen atoms in total. The minimum Gasteiger partial charge on any atom is -0.495 e. The van der Waals surface area contributed by atoms with Crippen LogP contribution in [-0.4, -0.2) is 24.2 Å². The third-order valence-corrected chi connectivity index (χ3v) is 4.24. The first-order valence-electron chi connectivity index (χ1n) is 7.37. The van der Waals surface area contributed by atoms with Gasteiger partial charge < -0.3 is 14.8 Å². The maximum atomic E-state index is 12.2. The SMILES string of the molecule is COc1ccc(NC(=S)NC(=O)C(C)Oc2ccc(Cl)cc2Cl)cc1Cl. The Balaban J connectivity index is 1.93. The van der Waals surface area contributed by atoms with Crippen LogP contribution in [0.1, 0.15) is 6.92 Å². The fraction of sp³-hybridized carbons (Fsp3) is 0.176. The van der Waals surface area contributed by atoms with Gasteiger partial charge in [0.25, 0.3) is 5.91 Å². The highest BCUT2D eigenvalue weighted by Crippen LogP contribution is 2.28. The molecule has 2 aromatic carbocycles. The van der Waals surface area contributed by atoms with Crippen molar-refractivity contribution < 1.29 is 14.3 Å². The van der Waals surface area contributed by atoms with Crippen LogP contribution in [0.3, 0.4) is 0 Å². The molecule has 2 rings (SSSR count). The Morgan fingerprint density at radius 2 is 1.73 bits per heavy atom. The number of ether oxygens (including phenoxy) is 2. The molecular formula is C17H15Cl3N2O3S. The van der Waals surface area contributed by atoms with Gasteiger partial charge in [0.05, 0.1) is 17.2 Å². The summed E-state index contributed by atoms with van der Waals surface area (Å²) in [7, 11) is 1.52. The van der Waals surface area contributed by atoms with E-state index in [1.54, 1.807) is 37.3 Å². The third-order valence-electron chi connectivity index (χ3n) is 3.21. The van der Waals surface area contributed by atoms with Crippen molar-refractivity contribution in [3.8, 4) is 11.5 Å². The molecule has 0 aliphatic rings. The van der Waals surface area contributed by atoms with E-state index in [-0.39, 0.29) is 5.11 Å². The molecule has 0 aliphatic carbocycles. The van der Waals surface area contributed by atoms with Gasteiger partial charge in [-0.3, -0.25) is 10.1 Å². The summed E-state index contributed by atoms with van der Waals surface area (Å²) in [6.45, 7) is 1.58. The highest BCUT2D eigenvalue weighted by Gasteiger charge is 2.17. The number of benzene rings is 2. The topological polar surface area (TPSA) is 59.6 Å². The van der Waals surface area contributed by atoms with Gasteiger partial charge in [-0.2, -0.15) is 0 Å². The lowest BCUT2D eigenvalue weighted by Crippen LogP contribution is -2.42. The van der Waals surface area contributed by atoms with E-state index >= 15 is 0 Å². The van der Waals surface area contributed by atoms with Crippen LogP contribution in [0.2, 0.25) is 15.1 Å². The second kappa shape index (κ2) is 9.28. The molecule has 0 radical (unpaired) electrons. The average Bonchev–Trinajstić information content (AvgIpc) is 2.57. The quantitative estimate of drug-likeness (QED) is 0.654. The summed E-state index contributed by atoms with van der Waals surface area (Å²) in [5, 5.41) is 6.71. The Bertz CT molecular complexity index is 833. The first-order chi connectivity index (χ1) is 12.3. The summed E-state index contributed by atoms with van der Waals surface area (Å²) in [6.07, 6.45) is -0.826. The first kappa shape index (κ1) is 20.6. The predicted molar refractivity (Wildman–Crippen MR) is 109 cm³/mol. The minimum atomic E-state index is -0.826. The first-order valence-corrected chi connectivity index (χ1v) is 8.91. The number of amides is 1. The van der Waals surface area contributed by atoms with E-state index in [0.717, 1.165) is 0 Å². The van der Waals surface area contributed by atoms with Crippen LogP contribution in [0.15, 0.2) is 36.4 Å². The van der Waals surface area contributed by atoms with E-state index in [1.165, 1.54) is 13.2 Å². The Labute approximate surface area is 171 Å². The van der Waals surface area contributed by atoms with Crippen LogP contribution < -0.4 is 20.1 Å². The molecule has 1 amide bonds. The van der Waals surface area contributed by atoms with E-state index in [0.29, 0.717) is 32.3 Å². The summed E-state index contributed by atoms with van der Waals surface area (Å²) in [5.74, 6) is 0.446. The van der Waals surface area contributed by atoms with Crippen molar-refractivity contribution in [1.82, 2.24) is 5.32 Å². The second-order valence-corrected chi connectivity index (χ2v) is 6.79. The van der Waals surface area contributed by atoms with Crippen molar-refractivity contribution in [3.05, 3.63) is 51.5 Å². The number of carbonyl (C=O) groups is 1. The van der Waals surface area contributed by atoms with Gasteiger partial charge in [0.2, 0.25) is 0 Å². The number of carbonyl (C=O) groups excluding carboxylic acids is 1. The van der Waals surface area contributed by atoms with Gasteiger partial charge in [-0.15, -0.1) is 0 Å². The maximum Gasteiger partial charge on any atom is 0.266 e. The smallest absolute Gasteiger partial charge is 0.266 e. The molecule has 0 spiro atoms. The zero-order valence-electron chi connectivity index (χ0n) is 13.8. The molecule has 0 heterocycles. The number of anilines is 1. The number of thiocarbonyl (C=S) groups is 1. The number of rotatable bonds is 5. The van der Waals surface area contributed by atoms with Gasteiger partial charge in [-0.05, 0) is 55.5 Å². The van der Waals surface area contributed by atoms with Gasteiger partial charge >= 0.3 is 0 Å². The van der Waals surface area contributed by atoms with E-state index in [9.17, 15) is 4.79 Å². The molecule has 0 fully saturated rings. The van der Waals surface area contributed by atoms with Crippen LogP contribution in [0, 0.1) is 0 Å². The normalized spacial score (nSPS) is 11.4. The zero-order chi connectivity index (χ0) is 19.3. The molecule has 0 bridgehead atoms. The fourth-order valence-corrected chi connectivity index (χ4v) is 2.86. The van der Waals surface area contributed by atoms with Gasteiger partial charge in [0.15, 0.2) is 11.2 Å². The highest BCUT2D eigenvalue weighted by atomic mass is 35.5. The van der Waals surface area contributed by atoms with E-state index < -0.39 is 12.0 Å². The molecule has 2 aromatic rings. The minimum absolute atomic E-state index is 0.105. The molecule has 0 aromatic heterocycles. The van der Waals surface area contributed by atoms with Gasteiger partial charge in [-0.1, -0.05) is 34.8 Å². The number of nitrogens with one attached hydrogen (secondary N) is 2. The highest BCUT2D eigenvalue weighted by molar-refractivity contribution is 7.80. The predicted octanol–water partition coefficient (Wildman–Crippen LogP) is 4.94. The molecular weight excluding hydrogens is 419 g/mol. The zero-order valence-corrected chi connectivity index (χ0v) is 16.9. The van der Waals surface area contributed by atoms with Crippen molar-refractivity contribution in [2.24, 2.45) is 0 Å². The van der Waals surface area contributed by atoms with Crippen molar-refractivity contribution in [1.29, 1.82) is 0 Å². The standard InChI is InChI=1S/C17H15Cl3N2O3S/c1-9(25-15-5-3-10(18)7-12(15)19)16(23)22-17(26)21-11-4-6-14(24-2)13(20)8-11/h3-9H,1-2H3,(H2,21,22,23,26).